The van der Waals surface area contributed by atoms with Gasteiger partial charge in [0, 0.05) is 31.9 Å². The number of amides is 1. The smallest absolute Gasteiger partial charge is 0.243 e. The quantitative estimate of drug-likeness (QED) is 0.626. The number of piperazine rings is 1. The third-order valence-electron chi connectivity index (χ3n) is 5.75. The minimum absolute atomic E-state index is 0.169. The second kappa shape index (κ2) is 9.65. The highest BCUT2D eigenvalue weighted by atomic mass is 32.2. The summed E-state index contributed by atoms with van der Waals surface area (Å²) < 4.78 is 27.4. The molecule has 0 aromatic heterocycles. The molecule has 0 bridgehead atoms. The topological polar surface area (TPSA) is 69.7 Å². The van der Waals surface area contributed by atoms with E-state index in [1.807, 2.05) is 67.7 Å². The van der Waals surface area contributed by atoms with Crippen LogP contribution in [0, 0.1) is 0 Å². The predicted octanol–water partition coefficient (Wildman–Crippen LogP) is 3.39. The van der Waals surface area contributed by atoms with E-state index >= 15 is 0 Å². The van der Waals surface area contributed by atoms with Crippen LogP contribution in [0.5, 0.6) is 0 Å². The Kier molecular flexibility index (Phi) is 6.69. The summed E-state index contributed by atoms with van der Waals surface area (Å²) in [5, 5.41) is 2.95. The monoisotopic (exact) mass is 449 g/mol. The fourth-order valence-corrected chi connectivity index (χ4v) is 5.31. The van der Waals surface area contributed by atoms with Crippen molar-refractivity contribution in [2.45, 2.75) is 10.8 Å². The zero-order valence-corrected chi connectivity index (χ0v) is 18.8. The molecule has 0 aliphatic carbocycles. The molecule has 0 spiro atoms. The lowest BCUT2D eigenvalue weighted by atomic mass is 9.90. The molecule has 0 atom stereocenters. The Labute approximate surface area is 189 Å². The Morgan fingerprint density at radius 3 is 1.78 bits per heavy atom. The van der Waals surface area contributed by atoms with Crippen LogP contribution >= 0.6 is 0 Å². The van der Waals surface area contributed by atoms with Gasteiger partial charge in [-0.3, -0.25) is 4.79 Å². The predicted molar refractivity (Wildman–Crippen MR) is 126 cm³/mol. The van der Waals surface area contributed by atoms with Gasteiger partial charge in [0.1, 0.15) is 0 Å². The minimum atomic E-state index is -3.54. The van der Waals surface area contributed by atoms with Gasteiger partial charge in [0.05, 0.1) is 10.8 Å². The number of rotatable bonds is 6. The molecule has 166 valence electrons. The van der Waals surface area contributed by atoms with E-state index < -0.39 is 15.9 Å². The number of carbonyl (C=O) groups is 1. The highest BCUT2D eigenvalue weighted by Crippen LogP contribution is 2.27. The first-order valence-corrected chi connectivity index (χ1v) is 12.1. The maximum atomic E-state index is 13.2. The lowest BCUT2D eigenvalue weighted by Gasteiger charge is -2.31. The summed E-state index contributed by atoms with van der Waals surface area (Å²) >= 11 is 0. The van der Waals surface area contributed by atoms with Crippen molar-refractivity contribution in [3.63, 3.8) is 0 Å². The van der Waals surface area contributed by atoms with Gasteiger partial charge in [-0.2, -0.15) is 4.31 Å². The molecule has 1 fully saturated rings. The van der Waals surface area contributed by atoms with Crippen LogP contribution < -0.4 is 5.32 Å². The summed E-state index contributed by atoms with van der Waals surface area (Å²) in [7, 11) is -1.55. The van der Waals surface area contributed by atoms with Crippen LogP contribution in [-0.2, 0) is 14.8 Å². The average Bonchev–Trinajstić information content (AvgIpc) is 2.81. The van der Waals surface area contributed by atoms with Gasteiger partial charge in [-0.15, -0.1) is 0 Å². The van der Waals surface area contributed by atoms with Crippen LogP contribution in [0.4, 0.5) is 5.69 Å². The Morgan fingerprint density at radius 2 is 1.28 bits per heavy atom. The molecule has 1 amide bonds. The molecule has 7 heteroatoms. The van der Waals surface area contributed by atoms with E-state index in [1.54, 1.807) is 24.3 Å². The molecule has 0 unspecified atom stereocenters. The van der Waals surface area contributed by atoms with Gasteiger partial charge in [-0.05, 0) is 42.4 Å². The van der Waals surface area contributed by atoms with Gasteiger partial charge in [0.15, 0.2) is 0 Å². The molecule has 6 nitrogen and oxygen atoms in total. The van der Waals surface area contributed by atoms with E-state index in [4.69, 9.17) is 0 Å². The molecular weight excluding hydrogens is 422 g/mol. The largest absolute Gasteiger partial charge is 0.325 e. The number of anilines is 1. The zero-order chi connectivity index (χ0) is 22.6. The highest BCUT2D eigenvalue weighted by molar-refractivity contribution is 7.89. The van der Waals surface area contributed by atoms with E-state index in [2.05, 4.69) is 10.2 Å². The summed E-state index contributed by atoms with van der Waals surface area (Å²) in [6, 6.07) is 25.6. The molecule has 4 rings (SSSR count). The Bertz CT molecular complexity index is 1100. The highest BCUT2D eigenvalue weighted by Gasteiger charge is 2.27. The van der Waals surface area contributed by atoms with Gasteiger partial charge in [0.2, 0.25) is 15.9 Å². The van der Waals surface area contributed by atoms with E-state index in [0.29, 0.717) is 31.9 Å². The van der Waals surface area contributed by atoms with Crippen LogP contribution in [0.1, 0.15) is 17.0 Å². The Hall–Kier alpha value is -3.00. The molecular formula is C25H27N3O3S. The van der Waals surface area contributed by atoms with E-state index in [0.717, 1.165) is 11.1 Å². The van der Waals surface area contributed by atoms with Crippen molar-refractivity contribution in [2.75, 3.05) is 38.5 Å². The van der Waals surface area contributed by atoms with Crippen LogP contribution in [0.25, 0.3) is 0 Å². The fourth-order valence-electron chi connectivity index (χ4n) is 3.89. The van der Waals surface area contributed by atoms with Crippen molar-refractivity contribution in [3.05, 3.63) is 96.1 Å². The second-order valence-corrected chi connectivity index (χ2v) is 9.91. The van der Waals surface area contributed by atoms with E-state index in [9.17, 15) is 13.2 Å². The summed E-state index contributed by atoms with van der Waals surface area (Å²) in [4.78, 5) is 15.6. The van der Waals surface area contributed by atoms with Crippen molar-refractivity contribution in [2.24, 2.45) is 0 Å². The molecule has 1 aliphatic heterocycles. The molecule has 3 aromatic carbocycles. The van der Waals surface area contributed by atoms with Gasteiger partial charge >= 0.3 is 0 Å². The maximum Gasteiger partial charge on any atom is 0.243 e. The number of sulfonamides is 1. The maximum absolute atomic E-state index is 13.2. The first-order valence-electron chi connectivity index (χ1n) is 10.6. The molecule has 0 radical (unpaired) electrons. The summed E-state index contributed by atoms with van der Waals surface area (Å²) in [5.41, 5.74) is 2.35. The van der Waals surface area contributed by atoms with Gasteiger partial charge in [0.25, 0.3) is 0 Å². The number of nitrogens with zero attached hydrogens (tertiary/aromatic N) is 2. The molecule has 1 aliphatic rings. The summed E-state index contributed by atoms with van der Waals surface area (Å²) in [6.45, 7) is 2.39. The van der Waals surface area contributed by atoms with Crippen molar-refractivity contribution in [3.8, 4) is 0 Å². The number of benzene rings is 3. The van der Waals surface area contributed by atoms with Gasteiger partial charge < -0.3 is 10.2 Å². The standard InChI is InChI=1S/C25H27N3O3S/c1-27-16-18-28(19-17-27)32(30,31)23-14-12-22(13-15-23)26-25(29)24(20-8-4-2-5-9-20)21-10-6-3-7-11-21/h2-15,24H,16-19H2,1H3,(H,26,29). The average molecular weight is 450 g/mol. The van der Waals surface area contributed by atoms with Crippen molar-refractivity contribution in [1.82, 2.24) is 9.21 Å². The molecule has 1 N–H and O–H groups in total. The SMILES string of the molecule is CN1CCN(S(=O)(=O)c2ccc(NC(=O)C(c3ccccc3)c3ccccc3)cc2)CC1. The molecule has 32 heavy (non-hydrogen) atoms. The number of likely N-dealkylation sites (N-methyl/N-ethyl adjacent to an activating group) is 1. The normalized spacial score (nSPS) is 15.6. The van der Waals surface area contributed by atoms with Crippen LogP contribution in [0.15, 0.2) is 89.8 Å². The van der Waals surface area contributed by atoms with E-state index in [-0.39, 0.29) is 10.8 Å². The molecule has 3 aromatic rings. The van der Waals surface area contributed by atoms with Crippen molar-refractivity contribution in [1.29, 1.82) is 0 Å². The third kappa shape index (κ3) is 4.91. The first-order chi connectivity index (χ1) is 15.4. The first kappa shape index (κ1) is 22.2. The minimum Gasteiger partial charge on any atom is -0.325 e. The Balaban J connectivity index is 1.52. The van der Waals surface area contributed by atoms with Crippen LogP contribution in [0.2, 0.25) is 0 Å². The molecule has 1 saturated heterocycles. The summed E-state index contributed by atoms with van der Waals surface area (Å²) in [6.07, 6.45) is 0. The number of nitrogens with one attached hydrogen (secondary N) is 1. The molecule has 1 heterocycles. The van der Waals surface area contributed by atoms with Gasteiger partial charge in [-0.25, -0.2) is 8.42 Å². The van der Waals surface area contributed by atoms with Crippen LogP contribution in [0.3, 0.4) is 0 Å². The summed E-state index contributed by atoms with van der Waals surface area (Å²) in [5.74, 6) is -0.636. The Morgan fingerprint density at radius 1 is 0.781 bits per heavy atom. The zero-order valence-electron chi connectivity index (χ0n) is 18.0. The van der Waals surface area contributed by atoms with Crippen LogP contribution in [-0.4, -0.2) is 56.8 Å². The van der Waals surface area contributed by atoms with Gasteiger partial charge in [-0.1, -0.05) is 60.7 Å². The number of hydrogen-bond donors (Lipinski definition) is 1. The third-order valence-corrected chi connectivity index (χ3v) is 7.66. The molecule has 0 saturated carbocycles. The van der Waals surface area contributed by atoms with Crippen molar-refractivity contribution >= 4 is 21.6 Å². The van der Waals surface area contributed by atoms with E-state index in [1.165, 1.54) is 4.31 Å². The fraction of sp³-hybridized carbons (Fsp3) is 0.240. The number of carbonyl (C=O) groups excluding carboxylic acids is 1. The lowest BCUT2D eigenvalue weighted by Crippen LogP contribution is -2.46. The number of hydrogen-bond acceptors (Lipinski definition) is 4. The lowest BCUT2D eigenvalue weighted by molar-refractivity contribution is -0.116. The van der Waals surface area contributed by atoms with Crippen molar-refractivity contribution < 1.29 is 13.2 Å². The second-order valence-electron chi connectivity index (χ2n) is 7.98.